The quantitative estimate of drug-likeness (QED) is 0.365. The van der Waals surface area contributed by atoms with Gasteiger partial charge in [0.2, 0.25) is 5.91 Å². The van der Waals surface area contributed by atoms with E-state index in [-0.39, 0.29) is 24.0 Å². The van der Waals surface area contributed by atoms with Gasteiger partial charge in [0, 0.05) is 52.9 Å². The lowest BCUT2D eigenvalue weighted by atomic mass is 10.1. The molecule has 0 radical (unpaired) electrons. The van der Waals surface area contributed by atoms with Crippen LogP contribution >= 0.6 is 24.0 Å². The lowest BCUT2D eigenvalue weighted by Gasteiger charge is -2.37. The third kappa shape index (κ3) is 6.09. The van der Waals surface area contributed by atoms with Crippen LogP contribution < -0.4 is 5.32 Å². The van der Waals surface area contributed by atoms with Gasteiger partial charge < -0.3 is 15.1 Å². The van der Waals surface area contributed by atoms with Crippen molar-refractivity contribution >= 4 is 35.8 Å². The standard InChI is InChI=1S/C23H35N5O.HI/c1-24-23(25-17-20-16-21(20)19-8-4-2-5-9-19)28-14-12-26(13-15-28)18-22(29)27-10-6-3-7-11-27;/h2,4-5,8-9,20-21H,3,6-7,10-18H2,1H3,(H,24,25);1H. The molecule has 1 aromatic rings. The molecular weight excluding hydrogens is 489 g/mol. The molecule has 3 aliphatic rings. The van der Waals surface area contributed by atoms with Crippen LogP contribution in [-0.2, 0) is 4.79 Å². The van der Waals surface area contributed by atoms with Crippen molar-refractivity contribution in [1.82, 2.24) is 20.0 Å². The molecule has 1 amide bonds. The molecular formula is C23H36IN5O. The predicted octanol–water partition coefficient (Wildman–Crippen LogP) is 2.61. The molecule has 7 heteroatoms. The van der Waals surface area contributed by atoms with E-state index in [2.05, 4.69) is 55.3 Å². The molecule has 0 spiro atoms. The first kappa shape index (κ1) is 23.3. The van der Waals surface area contributed by atoms with E-state index in [1.807, 2.05) is 7.05 Å². The number of nitrogens with one attached hydrogen (secondary N) is 1. The van der Waals surface area contributed by atoms with Crippen LogP contribution in [0, 0.1) is 5.92 Å². The van der Waals surface area contributed by atoms with Crippen molar-refractivity contribution in [3.63, 3.8) is 0 Å². The second-order valence-electron chi connectivity index (χ2n) is 8.65. The number of guanidine groups is 1. The Morgan fingerprint density at radius 1 is 1.00 bits per heavy atom. The van der Waals surface area contributed by atoms with Crippen molar-refractivity contribution in [2.45, 2.75) is 31.6 Å². The number of nitrogens with zero attached hydrogens (tertiary/aromatic N) is 4. The maximum absolute atomic E-state index is 12.5. The number of halogens is 1. The normalized spacial score (nSPS) is 24.9. The van der Waals surface area contributed by atoms with Crippen LogP contribution in [0.3, 0.4) is 0 Å². The smallest absolute Gasteiger partial charge is 0.236 e. The highest BCUT2D eigenvalue weighted by Gasteiger charge is 2.38. The molecule has 2 heterocycles. The minimum absolute atomic E-state index is 0. The summed E-state index contributed by atoms with van der Waals surface area (Å²) in [6.07, 6.45) is 4.85. The molecule has 2 saturated heterocycles. The number of carbonyl (C=O) groups is 1. The highest BCUT2D eigenvalue weighted by Crippen LogP contribution is 2.46. The lowest BCUT2D eigenvalue weighted by molar-refractivity contribution is -0.133. The van der Waals surface area contributed by atoms with Crippen molar-refractivity contribution in [1.29, 1.82) is 0 Å². The first-order valence-corrected chi connectivity index (χ1v) is 11.3. The Balaban J connectivity index is 0.00000256. The van der Waals surface area contributed by atoms with Crippen LogP contribution in [0.15, 0.2) is 35.3 Å². The van der Waals surface area contributed by atoms with E-state index in [0.29, 0.717) is 24.3 Å². The second kappa shape index (κ2) is 11.3. The summed E-state index contributed by atoms with van der Waals surface area (Å²) in [5.41, 5.74) is 1.46. The SMILES string of the molecule is CN=C(NCC1CC1c1ccccc1)N1CCN(CC(=O)N2CCCCC2)CC1.I. The molecule has 2 atom stereocenters. The second-order valence-corrected chi connectivity index (χ2v) is 8.65. The van der Waals surface area contributed by atoms with E-state index >= 15 is 0 Å². The van der Waals surface area contributed by atoms with Crippen molar-refractivity contribution in [2.24, 2.45) is 10.9 Å². The van der Waals surface area contributed by atoms with Crippen LogP contribution in [0.1, 0.15) is 37.2 Å². The molecule has 0 bridgehead atoms. The maximum atomic E-state index is 12.5. The van der Waals surface area contributed by atoms with Gasteiger partial charge in [-0.1, -0.05) is 30.3 Å². The van der Waals surface area contributed by atoms with Crippen LogP contribution in [0.4, 0.5) is 0 Å². The molecule has 2 aliphatic heterocycles. The van der Waals surface area contributed by atoms with E-state index < -0.39 is 0 Å². The van der Waals surface area contributed by atoms with Gasteiger partial charge in [0.15, 0.2) is 5.96 Å². The number of likely N-dealkylation sites (tertiary alicyclic amines) is 1. The van der Waals surface area contributed by atoms with Crippen LogP contribution in [0.5, 0.6) is 0 Å². The van der Waals surface area contributed by atoms with Crippen molar-refractivity contribution < 1.29 is 4.79 Å². The molecule has 6 nitrogen and oxygen atoms in total. The Morgan fingerprint density at radius 2 is 1.70 bits per heavy atom. The Morgan fingerprint density at radius 3 is 2.37 bits per heavy atom. The summed E-state index contributed by atoms with van der Waals surface area (Å²) in [5, 5.41) is 3.59. The number of hydrogen-bond donors (Lipinski definition) is 1. The minimum Gasteiger partial charge on any atom is -0.356 e. The monoisotopic (exact) mass is 525 g/mol. The number of rotatable bonds is 5. The summed E-state index contributed by atoms with van der Waals surface area (Å²) in [4.78, 5) is 23.7. The summed E-state index contributed by atoms with van der Waals surface area (Å²) in [7, 11) is 1.87. The molecule has 1 aromatic carbocycles. The number of piperazine rings is 1. The van der Waals surface area contributed by atoms with Gasteiger partial charge in [0.05, 0.1) is 6.54 Å². The van der Waals surface area contributed by atoms with Gasteiger partial charge in [-0.25, -0.2) is 0 Å². The zero-order valence-electron chi connectivity index (χ0n) is 18.1. The lowest BCUT2D eigenvalue weighted by Crippen LogP contribution is -2.54. The Bertz CT molecular complexity index is 699. The first-order valence-electron chi connectivity index (χ1n) is 11.3. The van der Waals surface area contributed by atoms with Crippen LogP contribution in [-0.4, -0.2) is 86.0 Å². The Labute approximate surface area is 198 Å². The van der Waals surface area contributed by atoms with E-state index in [0.717, 1.165) is 64.6 Å². The molecule has 3 fully saturated rings. The van der Waals surface area contributed by atoms with Crippen molar-refractivity contribution in [2.75, 3.05) is 59.4 Å². The first-order chi connectivity index (χ1) is 14.2. The fourth-order valence-corrected chi connectivity index (χ4v) is 4.69. The molecule has 1 aliphatic carbocycles. The summed E-state index contributed by atoms with van der Waals surface area (Å²) in [6, 6.07) is 10.8. The van der Waals surface area contributed by atoms with Gasteiger partial charge in [-0.3, -0.25) is 14.7 Å². The van der Waals surface area contributed by atoms with Crippen LogP contribution in [0.2, 0.25) is 0 Å². The summed E-state index contributed by atoms with van der Waals surface area (Å²) in [5.74, 6) is 2.71. The van der Waals surface area contributed by atoms with Crippen molar-refractivity contribution in [3.8, 4) is 0 Å². The van der Waals surface area contributed by atoms with Gasteiger partial charge >= 0.3 is 0 Å². The number of benzene rings is 1. The van der Waals surface area contributed by atoms with E-state index in [1.165, 1.54) is 18.4 Å². The predicted molar refractivity (Wildman–Crippen MR) is 133 cm³/mol. The topological polar surface area (TPSA) is 51.2 Å². The molecule has 166 valence electrons. The minimum atomic E-state index is 0. The van der Waals surface area contributed by atoms with E-state index in [1.54, 1.807) is 0 Å². The maximum Gasteiger partial charge on any atom is 0.236 e. The van der Waals surface area contributed by atoms with E-state index in [4.69, 9.17) is 0 Å². The molecule has 4 rings (SSSR count). The third-order valence-corrected chi connectivity index (χ3v) is 6.62. The number of amides is 1. The zero-order chi connectivity index (χ0) is 20.1. The van der Waals surface area contributed by atoms with Crippen LogP contribution in [0.25, 0.3) is 0 Å². The number of hydrogen-bond acceptors (Lipinski definition) is 3. The van der Waals surface area contributed by atoms with Gasteiger partial charge in [-0.2, -0.15) is 0 Å². The average Bonchev–Trinajstić information content (AvgIpc) is 3.56. The molecule has 30 heavy (non-hydrogen) atoms. The van der Waals surface area contributed by atoms with Gasteiger partial charge in [-0.05, 0) is 43.1 Å². The summed E-state index contributed by atoms with van der Waals surface area (Å²) >= 11 is 0. The van der Waals surface area contributed by atoms with Gasteiger partial charge in [0.1, 0.15) is 0 Å². The fourth-order valence-electron chi connectivity index (χ4n) is 4.69. The summed E-state index contributed by atoms with van der Waals surface area (Å²) in [6.45, 7) is 7.16. The number of aliphatic imine (C=N–C) groups is 1. The number of piperidine rings is 1. The Kier molecular flexibility index (Phi) is 8.80. The van der Waals surface area contributed by atoms with Gasteiger partial charge in [-0.15, -0.1) is 24.0 Å². The highest BCUT2D eigenvalue weighted by atomic mass is 127. The number of carbonyl (C=O) groups excluding carboxylic acids is 1. The third-order valence-electron chi connectivity index (χ3n) is 6.62. The molecule has 1 saturated carbocycles. The average molecular weight is 525 g/mol. The van der Waals surface area contributed by atoms with Gasteiger partial charge in [0.25, 0.3) is 0 Å². The fraction of sp³-hybridized carbons (Fsp3) is 0.652. The highest BCUT2D eigenvalue weighted by molar-refractivity contribution is 14.0. The largest absolute Gasteiger partial charge is 0.356 e. The summed E-state index contributed by atoms with van der Waals surface area (Å²) < 4.78 is 0. The Hall–Kier alpha value is -1.35. The van der Waals surface area contributed by atoms with Crippen molar-refractivity contribution in [3.05, 3.63) is 35.9 Å². The zero-order valence-corrected chi connectivity index (χ0v) is 20.5. The molecule has 1 N–H and O–H groups in total. The van der Waals surface area contributed by atoms with E-state index in [9.17, 15) is 4.79 Å². The molecule has 2 unspecified atom stereocenters. The molecule has 0 aromatic heterocycles.